The first kappa shape index (κ1) is 11.3. The van der Waals surface area contributed by atoms with Gasteiger partial charge in [-0.2, -0.15) is 0 Å². The lowest BCUT2D eigenvalue weighted by Crippen LogP contribution is -1.99. The average molecular weight is 234 g/mol. The van der Waals surface area contributed by atoms with Gasteiger partial charge < -0.3 is 15.2 Å². The van der Waals surface area contributed by atoms with E-state index in [9.17, 15) is 5.11 Å². The minimum absolute atomic E-state index is 0.108. The first-order chi connectivity index (χ1) is 8.19. The summed E-state index contributed by atoms with van der Waals surface area (Å²) in [4.78, 5) is 0. The minimum Gasteiger partial charge on any atom is -0.504 e. The van der Waals surface area contributed by atoms with Crippen LogP contribution in [-0.2, 0) is 13.6 Å². The number of phenols is 1. The van der Waals surface area contributed by atoms with Crippen molar-refractivity contribution in [3.63, 3.8) is 0 Å². The second-order valence-electron chi connectivity index (χ2n) is 3.62. The van der Waals surface area contributed by atoms with E-state index in [4.69, 9.17) is 4.74 Å². The second kappa shape index (κ2) is 4.73. The van der Waals surface area contributed by atoms with Crippen LogP contribution in [-0.4, -0.2) is 27.2 Å². The number of hydrogen-bond acceptors (Lipinski definition) is 5. The molecule has 0 bridgehead atoms. The predicted octanol–water partition coefficient (Wildman–Crippen LogP) is 1.14. The number of anilines is 1. The Balaban J connectivity index is 2.02. The van der Waals surface area contributed by atoms with Gasteiger partial charge in [0.2, 0.25) is 0 Å². The van der Waals surface area contributed by atoms with E-state index in [2.05, 4.69) is 15.6 Å². The van der Waals surface area contributed by atoms with Gasteiger partial charge in [0.25, 0.3) is 0 Å². The van der Waals surface area contributed by atoms with Gasteiger partial charge in [-0.05, 0) is 12.1 Å². The van der Waals surface area contributed by atoms with Gasteiger partial charge in [-0.25, -0.2) is 0 Å². The predicted molar refractivity (Wildman–Crippen MR) is 63.0 cm³/mol. The number of hydrogen-bond donors (Lipinski definition) is 2. The highest BCUT2D eigenvalue weighted by Crippen LogP contribution is 2.28. The maximum Gasteiger partial charge on any atom is 0.160 e. The van der Waals surface area contributed by atoms with E-state index in [0.717, 1.165) is 11.4 Å². The molecule has 0 saturated carbocycles. The highest BCUT2D eigenvalue weighted by Gasteiger charge is 2.03. The van der Waals surface area contributed by atoms with Crippen LogP contribution in [0.3, 0.4) is 0 Å². The van der Waals surface area contributed by atoms with Crippen LogP contribution in [0.5, 0.6) is 11.5 Å². The number of methoxy groups -OCH3 is 1. The number of rotatable bonds is 4. The standard InChI is InChI=1S/C11H14N4O2/c1-15-7-9(13-14-15)6-12-8-3-4-11(17-2)10(16)5-8/h3-5,7,12,16H,6H2,1-2H3. The third-order valence-corrected chi connectivity index (χ3v) is 2.30. The molecule has 2 rings (SSSR count). The molecule has 6 heteroatoms. The SMILES string of the molecule is COc1ccc(NCc2cn(C)nn2)cc1O. The van der Waals surface area contributed by atoms with Crippen LogP contribution in [0.2, 0.25) is 0 Å². The van der Waals surface area contributed by atoms with E-state index in [1.54, 1.807) is 16.8 Å². The molecule has 6 nitrogen and oxygen atoms in total. The maximum atomic E-state index is 9.60. The molecule has 1 aromatic heterocycles. The molecular weight excluding hydrogens is 220 g/mol. The summed E-state index contributed by atoms with van der Waals surface area (Å²) < 4.78 is 6.60. The highest BCUT2D eigenvalue weighted by atomic mass is 16.5. The molecule has 0 aliphatic rings. The van der Waals surface area contributed by atoms with Gasteiger partial charge >= 0.3 is 0 Å². The molecule has 17 heavy (non-hydrogen) atoms. The van der Waals surface area contributed by atoms with Crippen LogP contribution < -0.4 is 10.1 Å². The van der Waals surface area contributed by atoms with E-state index in [-0.39, 0.29) is 5.75 Å². The summed E-state index contributed by atoms with van der Waals surface area (Å²) in [6, 6.07) is 5.14. The number of nitrogens with zero attached hydrogens (tertiary/aromatic N) is 3. The normalized spacial score (nSPS) is 10.2. The molecule has 0 saturated heterocycles. The van der Waals surface area contributed by atoms with Gasteiger partial charge in [-0.3, -0.25) is 4.68 Å². The average Bonchev–Trinajstić information content (AvgIpc) is 2.73. The molecule has 0 fully saturated rings. The van der Waals surface area contributed by atoms with Crippen molar-refractivity contribution >= 4 is 5.69 Å². The van der Waals surface area contributed by atoms with Crippen LogP contribution in [0, 0.1) is 0 Å². The number of nitrogens with one attached hydrogen (secondary N) is 1. The van der Waals surface area contributed by atoms with Gasteiger partial charge in [-0.15, -0.1) is 5.10 Å². The lowest BCUT2D eigenvalue weighted by molar-refractivity contribution is 0.373. The van der Waals surface area contributed by atoms with E-state index in [1.165, 1.54) is 7.11 Å². The topological polar surface area (TPSA) is 72.2 Å². The third-order valence-electron chi connectivity index (χ3n) is 2.30. The summed E-state index contributed by atoms with van der Waals surface area (Å²) in [6.45, 7) is 0.555. The molecule has 90 valence electrons. The first-order valence-corrected chi connectivity index (χ1v) is 5.15. The molecular formula is C11H14N4O2. The molecule has 0 amide bonds. The zero-order chi connectivity index (χ0) is 12.3. The summed E-state index contributed by atoms with van der Waals surface area (Å²) in [5, 5.41) is 20.5. The monoisotopic (exact) mass is 234 g/mol. The largest absolute Gasteiger partial charge is 0.504 e. The maximum absolute atomic E-state index is 9.60. The van der Waals surface area contributed by atoms with Crippen molar-refractivity contribution in [3.05, 3.63) is 30.1 Å². The fourth-order valence-electron chi connectivity index (χ4n) is 1.47. The molecule has 0 aliphatic carbocycles. The Morgan fingerprint density at radius 1 is 1.47 bits per heavy atom. The number of phenolic OH excluding ortho intramolecular Hbond substituents is 1. The molecule has 1 heterocycles. The van der Waals surface area contributed by atoms with Crippen molar-refractivity contribution in [1.82, 2.24) is 15.0 Å². The third kappa shape index (κ3) is 2.66. The Morgan fingerprint density at radius 3 is 2.88 bits per heavy atom. The fraction of sp³-hybridized carbons (Fsp3) is 0.273. The number of aromatic hydroxyl groups is 1. The van der Waals surface area contributed by atoms with E-state index >= 15 is 0 Å². The van der Waals surface area contributed by atoms with Gasteiger partial charge in [0.05, 0.1) is 13.7 Å². The number of aromatic nitrogens is 3. The van der Waals surface area contributed by atoms with Crippen LogP contribution in [0.1, 0.15) is 5.69 Å². The van der Waals surface area contributed by atoms with E-state index in [0.29, 0.717) is 12.3 Å². The van der Waals surface area contributed by atoms with E-state index in [1.807, 2.05) is 19.3 Å². The van der Waals surface area contributed by atoms with Crippen LogP contribution in [0.25, 0.3) is 0 Å². The lowest BCUT2D eigenvalue weighted by Gasteiger charge is -2.07. The van der Waals surface area contributed by atoms with Crippen molar-refractivity contribution in [1.29, 1.82) is 0 Å². The second-order valence-corrected chi connectivity index (χ2v) is 3.62. The highest BCUT2D eigenvalue weighted by molar-refractivity contribution is 5.54. The lowest BCUT2D eigenvalue weighted by atomic mass is 10.2. The molecule has 1 aromatic carbocycles. The van der Waals surface area contributed by atoms with Crippen molar-refractivity contribution in [3.8, 4) is 11.5 Å². The summed E-state index contributed by atoms with van der Waals surface area (Å²) in [7, 11) is 3.33. The molecule has 0 aliphatic heterocycles. The fourth-order valence-corrected chi connectivity index (χ4v) is 1.47. The molecule has 0 radical (unpaired) electrons. The number of ether oxygens (including phenoxy) is 1. The summed E-state index contributed by atoms with van der Waals surface area (Å²) >= 11 is 0. The molecule has 2 aromatic rings. The van der Waals surface area contributed by atoms with Gasteiger partial charge in [0.15, 0.2) is 11.5 Å². The Hall–Kier alpha value is -2.24. The quantitative estimate of drug-likeness (QED) is 0.830. The molecule has 0 spiro atoms. The Morgan fingerprint density at radius 2 is 2.29 bits per heavy atom. The number of aryl methyl sites for hydroxylation is 1. The van der Waals surface area contributed by atoms with Crippen molar-refractivity contribution in [2.24, 2.45) is 7.05 Å². The van der Waals surface area contributed by atoms with Gasteiger partial charge in [0.1, 0.15) is 5.69 Å². The molecule has 0 atom stereocenters. The van der Waals surface area contributed by atoms with Crippen molar-refractivity contribution in [2.75, 3.05) is 12.4 Å². The minimum atomic E-state index is 0.108. The summed E-state index contributed by atoms with van der Waals surface area (Å²) in [5.74, 6) is 0.562. The molecule has 0 unspecified atom stereocenters. The van der Waals surface area contributed by atoms with Crippen LogP contribution >= 0.6 is 0 Å². The summed E-state index contributed by atoms with van der Waals surface area (Å²) in [5.41, 5.74) is 1.64. The first-order valence-electron chi connectivity index (χ1n) is 5.15. The van der Waals surface area contributed by atoms with Crippen LogP contribution in [0.4, 0.5) is 5.69 Å². The zero-order valence-electron chi connectivity index (χ0n) is 9.71. The number of benzene rings is 1. The van der Waals surface area contributed by atoms with E-state index < -0.39 is 0 Å². The van der Waals surface area contributed by atoms with Crippen molar-refractivity contribution in [2.45, 2.75) is 6.54 Å². The zero-order valence-corrected chi connectivity index (χ0v) is 9.71. The Bertz CT molecular complexity index is 510. The van der Waals surface area contributed by atoms with Crippen LogP contribution in [0.15, 0.2) is 24.4 Å². The summed E-state index contributed by atoms with van der Waals surface area (Å²) in [6.07, 6.45) is 1.83. The van der Waals surface area contributed by atoms with Gasteiger partial charge in [-0.1, -0.05) is 5.21 Å². The molecule has 2 N–H and O–H groups in total. The smallest absolute Gasteiger partial charge is 0.160 e. The Labute approximate surface area is 98.8 Å². The van der Waals surface area contributed by atoms with Crippen molar-refractivity contribution < 1.29 is 9.84 Å². The van der Waals surface area contributed by atoms with Gasteiger partial charge in [0, 0.05) is 25.0 Å². The Kier molecular flexibility index (Phi) is 3.13.